The van der Waals surface area contributed by atoms with E-state index < -0.39 is 6.04 Å². The molecule has 7 nitrogen and oxygen atoms in total. The normalized spacial score (nSPS) is 17.0. The maximum absolute atomic E-state index is 13.5. The first-order chi connectivity index (χ1) is 16.5. The Labute approximate surface area is 202 Å². The molecule has 0 aliphatic carbocycles. The molecule has 0 saturated carbocycles. The molecular formula is C26H27N5O2S. The molecule has 174 valence electrons. The number of amides is 2. The average Bonchev–Trinajstić information content (AvgIpc) is 3.39. The van der Waals surface area contributed by atoms with Crippen LogP contribution in [0.15, 0.2) is 64.7 Å². The van der Waals surface area contributed by atoms with Crippen molar-refractivity contribution in [3.05, 3.63) is 65.9 Å². The van der Waals surface area contributed by atoms with Crippen LogP contribution in [0, 0.1) is 5.92 Å². The van der Waals surface area contributed by atoms with Crippen molar-refractivity contribution in [3.8, 4) is 0 Å². The first kappa shape index (κ1) is 22.4. The summed E-state index contributed by atoms with van der Waals surface area (Å²) < 4.78 is 0. The average molecular weight is 474 g/mol. The van der Waals surface area contributed by atoms with Crippen molar-refractivity contribution in [1.82, 2.24) is 15.2 Å². The van der Waals surface area contributed by atoms with Crippen LogP contribution >= 0.6 is 11.8 Å². The Morgan fingerprint density at radius 1 is 1.18 bits per heavy atom. The van der Waals surface area contributed by atoms with Crippen molar-refractivity contribution >= 4 is 51.2 Å². The third-order valence-electron chi connectivity index (χ3n) is 6.01. The highest BCUT2D eigenvalue weighted by Gasteiger charge is 2.41. The summed E-state index contributed by atoms with van der Waals surface area (Å²) in [7, 11) is 0. The van der Waals surface area contributed by atoms with Gasteiger partial charge in [-0.15, -0.1) is 0 Å². The van der Waals surface area contributed by atoms with Gasteiger partial charge in [0.15, 0.2) is 5.17 Å². The first-order valence-corrected chi connectivity index (χ1v) is 12.5. The molecule has 34 heavy (non-hydrogen) atoms. The number of rotatable bonds is 7. The molecular weight excluding hydrogens is 446 g/mol. The van der Waals surface area contributed by atoms with Gasteiger partial charge in [0.25, 0.3) is 5.91 Å². The number of H-pyrrole nitrogens is 1. The van der Waals surface area contributed by atoms with Crippen molar-refractivity contribution < 1.29 is 9.59 Å². The lowest BCUT2D eigenvalue weighted by Gasteiger charge is -2.25. The van der Waals surface area contributed by atoms with Crippen LogP contribution in [0.1, 0.15) is 31.4 Å². The number of nitrogens with zero attached hydrogens (tertiary/aromatic N) is 3. The number of thioether (sulfide) groups is 1. The fourth-order valence-electron chi connectivity index (χ4n) is 4.22. The van der Waals surface area contributed by atoms with Crippen LogP contribution in [0.3, 0.4) is 0 Å². The van der Waals surface area contributed by atoms with Gasteiger partial charge in [-0.3, -0.25) is 14.6 Å². The summed E-state index contributed by atoms with van der Waals surface area (Å²) in [4.78, 5) is 40.3. The molecule has 3 heterocycles. The lowest BCUT2D eigenvalue weighted by Crippen LogP contribution is -2.42. The van der Waals surface area contributed by atoms with Gasteiger partial charge in [-0.1, -0.05) is 55.9 Å². The van der Waals surface area contributed by atoms with Gasteiger partial charge in [0.1, 0.15) is 11.9 Å². The van der Waals surface area contributed by atoms with Gasteiger partial charge in [-0.05, 0) is 36.1 Å². The second-order valence-corrected chi connectivity index (χ2v) is 9.88. The molecule has 1 atom stereocenters. The first-order valence-electron chi connectivity index (χ1n) is 11.6. The Kier molecular flexibility index (Phi) is 6.24. The molecule has 0 bridgehead atoms. The molecule has 2 N–H and O–H groups in total. The van der Waals surface area contributed by atoms with E-state index in [4.69, 9.17) is 9.98 Å². The van der Waals surface area contributed by atoms with Gasteiger partial charge < -0.3 is 10.3 Å². The summed E-state index contributed by atoms with van der Waals surface area (Å²) in [5, 5.41) is 4.55. The van der Waals surface area contributed by atoms with Gasteiger partial charge >= 0.3 is 0 Å². The second-order valence-electron chi connectivity index (χ2n) is 8.94. The van der Waals surface area contributed by atoms with Crippen LogP contribution in [0.5, 0.6) is 0 Å². The predicted octanol–water partition coefficient (Wildman–Crippen LogP) is 4.26. The van der Waals surface area contributed by atoms with Crippen LogP contribution in [0.4, 0.5) is 5.69 Å². The van der Waals surface area contributed by atoms with E-state index in [1.807, 2.05) is 48.7 Å². The molecule has 2 aliphatic rings. The molecule has 0 fully saturated rings. The third kappa shape index (κ3) is 4.37. The fourth-order valence-corrected chi connectivity index (χ4v) is 5.05. The zero-order chi connectivity index (χ0) is 23.7. The number of amidine groups is 2. The maximum atomic E-state index is 13.5. The quantitative estimate of drug-likeness (QED) is 0.537. The summed E-state index contributed by atoms with van der Waals surface area (Å²) in [6.45, 7) is 4.90. The van der Waals surface area contributed by atoms with Gasteiger partial charge in [0, 0.05) is 35.6 Å². The van der Waals surface area contributed by atoms with Crippen molar-refractivity contribution in [1.29, 1.82) is 0 Å². The Balaban J connectivity index is 1.37. The van der Waals surface area contributed by atoms with Crippen LogP contribution in [-0.2, 0) is 16.0 Å². The summed E-state index contributed by atoms with van der Waals surface area (Å²) in [5.41, 5.74) is 3.70. The Bertz CT molecular complexity index is 1310. The molecule has 0 saturated heterocycles. The van der Waals surface area contributed by atoms with Gasteiger partial charge in [-0.25, -0.2) is 9.89 Å². The van der Waals surface area contributed by atoms with Crippen LogP contribution < -0.4 is 5.32 Å². The van der Waals surface area contributed by atoms with Crippen LogP contribution in [0.25, 0.3) is 10.9 Å². The number of carbonyl (C=O) groups is 2. The number of aromatic amines is 1. The van der Waals surface area contributed by atoms with E-state index in [1.165, 1.54) is 11.8 Å². The van der Waals surface area contributed by atoms with Crippen LogP contribution in [-0.4, -0.2) is 51.0 Å². The largest absolute Gasteiger partial charge is 0.361 e. The highest BCUT2D eigenvalue weighted by Crippen LogP contribution is 2.34. The summed E-state index contributed by atoms with van der Waals surface area (Å²) in [6, 6.07) is 15.2. The van der Waals surface area contributed by atoms with E-state index in [1.54, 1.807) is 4.90 Å². The molecule has 1 aromatic heterocycles. The molecule has 5 rings (SSSR count). The molecule has 2 aromatic carbocycles. The van der Waals surface area contributed by atoms with Crippen LogP contribution in [0.2, 0.25) is 0 Å². The lowest BCUT2D eigenvalue weighted by atomic mass is 10.1. The van der Waals surface area contributed by atoms with Crippen molar-refractivity contribution in [2.75, 3.05) is 12.3 Å². The topological polar surface area (TPSA) is 89.9 Å². The van der Waals surface area contributed by atoms with Crippen molar-refractivity contribution in [2.45, 2.75) is 32.7 Å². The number of carbonyl (C=O) groups excluding carboxylic acids is 2. The highest BCUT2D eigenvalue weighted by atomic mass is 32.2. The number of fused-ring (bicyclic) bond motifs is 4. The zero-order valence-corrected chi connectivity index (χ0v) is 20.1. The molecule has 8 heteroatoms. The van der Waals surface area contributed by atoms with E-state index in [9.17, 15) is 9.59 Å². The standard InChI is InChI=1S/C26H27N5O2S/c1-16(2)11-12-27-23(32)15-34-26-30-21-10-6-4-8-19(21)24-29-22(25(33)31(24)26)13-17-14-28-20-9-5-3-7-18(17)20/h3-10,14,16,22,28H,11-13,15H2,1-2H3,(H,27,32). The second kappa shape index (κ2) is 9.46. The zero-order valence-electron chi connectivity index (χ0n) is 19.2. The van der Waals surface area contributed by atoms with E-state index in [-0.39, 0.29) is 17.6 Å². The summed E-state index contributed by atoms with van der Waals surface area (Å²) in [5.74, 6) is 1.17. The van der Waals surface area contributed by atoms with Crippen molar-refractivity contribution in [2.24, 2.45) is 15.9 Å². The molecule has 0 radical (unpaired) electrons. The van der Waals surface area contributed by atoms with Crippen molar-refractivity contribution in [3.63, 3.8) is 0 Å². The van der Waals surface area contributed by atoms with E-state index in [0.717, 1.165) is 34.1 Å². The number of hydrogen-bond acceptors (Lipinski definition) is 5. The van der Waals surface area contributed by atoms with E-state index >= 15 is 0 Å². The SMILES string of the molecule is CC(C)CCNC(=O)CSC1=Nc2ccccc2C2=NC(Cc3c[nH]c4ccccc34)C(=O)N12. The minimum absolute atomic E-state index is 0.0623. The Morgan fingerprint density at radius 3 is 2.82 bits per heavy atom. The minimum Gasteiger partial charge on any atom is -0.361 e. The number of para-hydroxylation sites is 2. The summed E-state index contributed by atoms with van der Waals surface area (Å²) >= 11 is 1.28. The smallest absolute Gasteiger partial charge is 0.259 e. The van der Waals surface area contributed by atoms with E-state index in [0.29, 0.717) is 29.9 Å². The molecule has 0 spiro atoms. The number of aliphatic imine (C=N–C) groups is 2. The molecule has 1 unspecified atom stereocenters. The summed E-state index contributed by atoms with van der Waals surface area (Å²) in [6.07, 6.45) is 3.38. The highest BCUT2D eigenvalue weighted by molar-refractivity contribution is 8.14. The third-order valence-corrected chi connectivity index (χ3v) is 6.95. The number of nitrogens with one attached hydrogen (secondary N) is 2. The monoisotopic (exact) mass is 473 g/mol. The van der Waals surface area contributed by atoms with E-state index in [2.05, 4.69) is 30.2 Å². The number of hydrogen-bond donors (Lipinski definition) is 2. The van der Waals surface area contributed by atoms with Gasteiger partial charge in [0.2, 0.25) is 5.91 Å². The minimum atomic E-state index is -0.536. The Hall–Kier alpha value is -3.39. The molecule has 2 amide bonds. The maximum Gasteiger partial charge on any atom is 0.259 e. The van der Waals surface area contributed by atoms with Gasteiger partial charge in [-0.2, -0.15) is 0 Å². The van der Waals surface area contributed by atoms with Gasteiger partial charge in [0.05, 0.1) is 11.4 Å². The molecule has 3 aromatic rings. The predicted molar refractivity (Wildman–Crippen MR) is 138 cm³/mol. The lowest BCUT2D eigenvalue weighted by molar-refractivity contribution is -0.124. The molecule has 2 aliphatic heterocycles. The Morgan fingerprint density at radius 2 is 1.97 bits per heavy atom. The number of benzene rings is 2. The fraction of sp³-hybridized carbons (Fsp3) is 0.308. The number of aromatic nitrogens is 1.